The lowest BCUT2D eigenvalue weighted by molar-refractivity contribution is -0.130. The van der Waals surface area contributed by atoms with Crippen molar-refractivity contribution in [3.05, 3.63) is 17.0 Å². The van der Waals surface area contributed by atoms with Gasteiger partial charge in [-0.3, -0.25) is 4.79 Å². The highest BCUT2D eigenvalue weighted by molar-refractivity contribution is 5.79. The summed E-state index contributed by atoms with van der Waals surface area (Å²) in [5.41, 5.74) is 1.10. The second-order valence-electron chi connectivity index (χ2n) is 7.18. The Morgan fingerprint density at radius 1 is 1.12 bits per heavy atom. The van der Waals surface area contributed by atoms with Crippen LogP contribution in [0.25, 0.3) is 0 Å². The summed E-state index contributed by atoms with van der Waals surface area (Å²) in [5.74, 6) is 0.724. The van der Waals surface area contributed by atoms with E-state index in [9.17, 15) is 9.59 Å². The van der Waals surface area contributed by atoms with E-state index in [1.807, 2.05) is 34.6 Å². The van der Waals surface area contributed by atoms with Crippen LogP contribution in [0, 0.1) is 13.8 Å². The zero-order valence-electron chi connectivity index (χ0n) is 15.2. The fourth-order valence-electron chi connectivity index (χ4n) is 2.69. The van der Waals surface area contributed by atoms with Crippen LogP contribution in [0.15, 0.2) is 4.52 Å². The van der Waals surface area contributed by atoms with Crippen molar-refractivity contribution in [1.82, 2.24) is 15.0 Å². The molecule has 1 aromatic heterocycles. The van der Waals surface area contributed by atoms with Gasteiger partial charge in [-0.25, -0.2) is 4.79 Å². The van der Waals surface area contributed by atoms with Gasteiger partial charge >= 0.3 is 6.09 Å². The molecule has 2 rings (SSSR count). The lowest BCUT2D eigenvalue weighted by atomic mass is 10.1. The monoisotopic (exact) mass is 337 g/mol. The number of carbonyl (C=O) groups excluding carboxylic acids is 2. The third kappa shape index (κ3) is 4.72. The molecule has 2 amide bonds. The van der Waals surface area contributed by atoms with Crippen LogP contribution in [0.2, 0.25) is 0 Å². The number of carbonyl (C=O) groups is 2. The van der Waals surface area contributed by atoms with E-state index < -0.39 is 5.60 Å². The van der Waals surface area contributed by atoms with E-state index in [-0.39, 0.29) is 18.4 Å². The van der Waals surface area contributed by atoms with Gasteiger partial charge in [-0.2, -0.15) is 0 Å². The van der Waals surface area contributed by atoms with Crippen molar-refractivity contribution in [3.63, 3.8) is 0 Å². The zero-order valence-corrected chi connectivity index (χ0v) is 15.2. The smallest absolute Gasteiger partial charge is 0.410 e. The molecule has 0 atom stereocenters. The molecule has 7 heteroatoms. The van der Waals surface area contributed by atoms with Crippen LogP contribution in [-0.4, -0.2) is 58.7 Å². The third-order valence-corrected chi connectivity index (χ3v) is 4.01. The van der Waals surface area contributed by atoms with Crippen LogP contribution < -0.4 is 0 Å². The van der Waals surface area contributed by atoms with Gasteiger partial charge in [0.25, 0.3) is 0 Å². The molecule has 1 aromatic rings. The summed E-state index contributed by atoms with van der Waals surface area (Å²) in [6.45, 7) is 11.4. The highest BCUT2D eigenvalue weighted by Gasteiger charge is 2.26. The summed E-state index contributed by atoms with van der Waals surface area (Å²) < 4.78 is 10.5. The van der Waals surface area contributed by atoms with E-state index in [4.69, 9.17) is 9.26 Å². The summed E-state index contributed by atoms with van der Waals surface area (Å²) in [7, 11) is 0. The van der Waals surface area contributed by atoms with Crippen LogP contribution >= 0.6 is 0 Å². The molecule has 134 valence electrons. The van der Waals surface area contributed by atoms with Crippen LogP contribution in [0.4, 0.5) is 4.79 Å². The fraction of sp³-hybridized carbons (Fsp3) is 0.706. The first-order valence-electron chi connectivity index (χ1n) is 8.35. The fourth-order valence-corrected chi connectivity index (χ4v) is 2.69. The van der Waals surface area contributed by atoms with Crippen molar-refractivity contribution < 1.29 is 18.8 Å². The van der Waals surface area contributed by atoms with Crippen LogP contribution in [0.1, 0.15) is 44.2 Å². The van der Waals surface area contributed by atoms with Gasteiger partial charge in [0, 0.05) is 31.7 Å². The van der Waals surface area contributed by atoms with Crippen molar-refractivity contribution in [2.45, 2.75) is 53.1 Å². The van der Waals surface area contributed by atoms with Gasteiger partial charge in [0.05, 0.1) is 12.1 Å². The second kappa shape index (κ2) is 7.23. The van der Waals surface area contributed by atoms with Crippen molar-refractivity contribution in [1.29, 1.82) is 0 Å². The van der Waals surface area contributed by atoms with E-state index in [0.717, 1.165) is 17.7 Å². The summed E-state index contributed by atoms with van der Waals surface area (Å²) in [6, 6.07) is 0. The van der Waals surface area contributed by atoms with Crippen molar-refractivity contribution >= 4 is 12.0 Å². The van der Waals surface area contributed by atoms with Gasteiger partial charge in [0.15, 0.2) is 0 Å². The Bertz CT molecular complexity index is 584. The molecular weight excluding hydrogens is 310 g/mol. The Balaban J connectivity index is 1.93. The minimum Gasteiger partial charge on any atom is -0.444 e. The maximum absolute atomic E-state index is 12.5. The molecular formula is C17H27N3O4. The Hall–Kier alpha value is -2.05. The molecule has 1 aliphatic rings. The normalized spacial score (nSPS) is 16.0. The SMILES string of the molecule is Cc1noc(C)c1CC(=O)N1CCCN(C(=O)OC(C)(C)C)CC1. The molecule has 1 aliphatic heterocycles. The third-order valence-electron chi connectivity index (χ3n) is 4.01. The topological polar surface area (TPSA) is 75.9 Å². The second-order valence-corrected chi connectivity index (χ2v) is 7.18. The minimum atomic E-state index is -0.512. The Morgan fingerprint density at radius 2 is 1.75 bits per heavy atom. The number of hydrogen-bond acceptors (Lipinski definition) is 5. The van der Waals surface area contributed by atoms with E-state index in [2.05, 4.69) is 5.16 Å². The molecule has 0 bridgehead atoms. The average Bonchev–Trinajstić information content (AvgIpc) is 2.70. The zero-order chi connectivity index (χ0) is 17.9. The largest absolute Gasteiger partial charge is 0.444 e. The lowest BCUT2D eigenvalue weighted by Crippen LogP contribution is -2.40. The number of rotatable bonds is 2. The molecule has 0 unspecified atom stereocenters. The molecule has 0 saturated carbocycles. The molecule has 7 nitrogen and oxygen atoms in total. The van der Waals surface area contributed by atoms with Gasteiger partial charge < -0.3 is 19.1 Å². The number of nitrogens with zero attached hydrogens (tertiary/aromatic N) is 3. The standard InChI is InChI=1S/C17H27N3O4/c1-12-14(13(2)24-18-12)11-15(21)19-7-6-8-20(10-9-19)16(22)23-17(3,4)5/h6-11H2,1-5H3. The molecule has 0 radical (unpaired) electrons. The number of aromatic nitrogens is 1. The van der Waals surface area contributed by atoms with Gasteiger partial charge in [-0.15, -0.1) is 0 Å². The van der Waals surface area contributed by atoms with Gasteiger partial charge in [0.2, 0.25) is 5.91 Å². The molecule has 1 saturated heterocycles. The predicted molar refractivity (Wildman–Crippen MR) is 88.7 cm³/mol. The first-order valence-corrected chi connectivity index (χ1v) is 8.35. The highest BCUT2D eigenvalue weighted by Crippen LogP contribution is 2.16. The van der Waals surface area contributed by atoms with E-state index in [0.29, 0.717) is 31.9 Å². The number of aryl methyl sites for hydroxylation is 2. The quantitative estimate of drug-likeness (QED) is 0.828. The maximum atomic E-state index is 12.5. The van der Waals surface area contributed by atoms with Crippen molar-refractivity contribution in [2.75, 3.05) is 26.2 Å². The van der Waals surface area contributed by atoms with Crippen molar-refractivity contribution in [2.24, 2.45) is 0 Å². The van der Waals surface area contributed by atoms with Crippen LogP contribution in [0.3, 0.4) is 0 Å². The van der Waals surface area contributed by atoms with Gasteiger partial charge in [0.1, 0.15) is 11.4 Å². The van der Waals surface area contributed by atoms with E-state index in [1.165, 1.54) is 0 Å². The molecule has 0 N–H and O–H groups in total. The first kappa shape index (κ1) is 18.3. The first-order chi connectivity index (χ1) is 11.2. The number of hydrogen-bond donors (Lipinski definition) is 0. The highest BCUT2D eigenvalue weighted by atomic mass is 16.6. The molecule has 1 fully saturated rings. The van der Waals surface area contributed by atoms with E-state index >= 15 is 0 Å². The summed E-state index contributed by atoms with van der Waals surface area (Å²) in [5, 5.41) is 3.89. The Morgan fingerprint density at radius 3 is 2.33 bits per heavy atom. The van der Waals surface area contributed by atoms with Crippen molar-refractivity contribution in [3.8, 4) is 0 Å². The van der Waals surface area contributed by atoms with Gasteiger partial charge in [-0.05, 0) is 41.0 Å². The van der Waals surface area contributed by atoms with Gasteiger partial charge in [-0.1, -0.05) is 5.16 Å². The minimum absolute atomic E-state index is 0.0374. The number of ether oxygens (including phenoxy) is 1. The van der Waals surface area contributed by atoms with Crippen LogP contribution in [0.5, 0.6) is 0 Å². The van der Waals surface area contributed by atoms with E-state index in [1.54, 1.807) is 9.80 Å². The molecule has 0 aliphatic carbocycles. The molecule has 0 spiro atoms. The predicted octanol–water partition coefficient (Wildman–Crippen LogP) is 2.30. The lowest BCUT2D eigenvalue weighted by Gasteiger charge is -2.26. The summed E-state index contributed by atoms with van der Waals surface area (Å²) >= 11 is 0. The Labute approximate surface area is 142 Å². The summed E-state index contributed by atoms with van der Waals surface area (Å²) in [4.78, 5) is 28.2. The average molecular weight is 337 g/mol. The molecule has 24 heavy (non-hydrogen) atoms. The molecule has 0 aromatic carbocycles. The Kier molecular flexibility index (Phi) is 5.51. The maximum Gasteiger partial charge on any atom is 0.410 e. The number of amides is 2. The van der Waals surface area contributed by atoms with Crippen LogP contribution in [-0.2, 0) is 16.0 Å². The molecule has 2 heterocycles. The summed E-state index contributed by atoms with van der Waals surface area (Å²) in [6.07, 6.45) is 0.711.